The molecule has 0 aliphatic heterocycles. The van der Waals surface area contributed by atoms with Gasteiger partial charge in [-0.05, 0) is 24.1 Å². The summed E-state index contributed by atoms with van der Waals surface area (Å²) in [4.78, 5) is 8.72. The van der Waals surface area contributed by atoms with Gasteiger partial charge in [-0.3, -0.25) is 0 Å². The van der Waals surface area contributed by atoms with Crippen molar-refractivity contribution in [2.24, 2.45) is 5.92 Å². The van der Waals surface area contributed by atoms with Crippen molar-refractivity contribution in [1.29, 1.82) is 0 Å². The monoisotopic (exact) mass is 303 g/mol. The van der Waals surface area contributed by atoms with Crippen LogP contribution in [0.4, 0.5) is 5.69 Å². The Hall–Kier alpha value is -2.02. The summed E-state index contributed by atoms with van der Waals surface area (Å²) >= 11 is 1.51. The minimum Gasteiger partial charge on any atom is -0.431 e. The predicted octanol–water partition coefficient (Wildman–Crippen LogP) is 2.95. The Bertz CT molecular complexity index is 749. The molecule has 0 fully saturated rings. The Balaban J connectivity index is 1.73. The molecule has 0 unspecified atom stereocenters. The standard InChI is InChI=1S/C14H17N5OS/c1-9(2)6-19-13(16-8-17-19)7-21-14-18-11-5-10(15)3-4-12(11)20-14/h3-5,8-9H,6-7,15H2,1-2H3. The number of oxazole rings is 1. The molecule has 2 N–H and O–H groups in total. The number of aromatic nitrogens is 4. The van der Waals surface area contributed by atoms with Gasteiger partial charge in [-0.2, -0.15) is 5.10 Å². The molecule has 0 saturated heterocycles. The van der Waals surface area contributed by atoms with Crippen LogP contribution in [0.1, 0.15) is 19.7 Å². The first-order valence-electron chi connectivity index (χ1n) is 6.77. The van der Waals surface area contributed by atoms with Crippen molar-refractivity contribution in [2.75, 3.05) is 5.73 Å². The highest BCUT2D eigenvalue weighted by molar-refractivity contribution is 7.98. The zero-order valence-corrected chi connectivity index (χ0v) is 12.8. The summed E-state index contributed by atoms with van der Waals surface area (Å²) < 4.78 is 7.61. The molecule has 2 aromatic heterocycles. The molecule has 1 aromatic carbocycles. The van der Waals surface area contributed by atoms with Crippen LogP contribution in [-0.2, 0) is 12.3 Å². The van der Waals surface area contributed by atoms with Gasteiger partial charge in [0.15, 0.2) is 5.58 Å². The summed E-state index contributed by atoms with van der Waals surface area (Å²) in [7, 11) is 0. The van der Waals surface area contributed by atoms with Crippen molar-refractivity contribution >= 4 is 28.5 Å². The minimum absolute atomic E-state index is 0.530. The van der Waals surface area contributed by atoms with Gasteiger partial charge in [0.1, 0.15) is 17.7 Å². The van der Waals surface area contributed by atoms with Crippen LogP contribution in [0.15, 0.2) is 34.2 Å². The first kappa shape index (κ1) is 13.9. The molecule has 0 amide bonds. The number of benzene rings is 1. The van der Waals surface area contributed by atoms with Crippen molar-refractivity contribution in [3.8, 4) is 0 Å². The Morgan fingerprint density at radius 3 is 3.05 bits per heavy atom. The number of nitrogen functional groups attached to an aromatic ring is 1. The number of thioether (sulfide) groups is 1. The van der Waals surface area contributed by atoms with Gasteiger partial charge in [-0.15, -0.1) is 0 Å². The molecular weight excluding hydrogens is 286 g/mol. The van der Waals surface area contributed by atoms with Crippen molar-refractivity contribution in [2.45, 2.75) is 31.4 Å². The molecule has 110 valence electrons. The normalized spacial score (nSPS) is 11.6. The summed E-state index contributed by atoms with van der Waals surface area (Å²) in [6, 6.07) is 5.45. The highest BCUT2D eigenvalue weighted by atomic mass is 32.2. The van der Waals surface area contributed by atoms with Gasteiger partial charge < -0.3 is 10.2 Å². The van der Waals surface area contributed by atoms with E-state index in [1.807, 2.05) is 16.8 Å². The minimum atomic E-state index is 0.530. The zero-order chi connectivity index (χ0) is 14.8. The summed E-state index contributed by atoms with van der Waals surface area (Å²) in [5.74, 6) is 2.13. The molecule has 0 radical (unpaired) electrons. The number of anilines is 1. The highest BCUT2D eigenvalue weighted by Gasteiger charge is 2.11. The molecule has 3 aromatic rings. The number of hydrogen-bond acceptors (Lipinski definition) is 6. The Morgan fingerprint density at radius 1 is 1.38 bits per heavy atom. The van der Waals surface area contributed by atoms with Gasteiger partial charge in [-0.1, -0.05) is 25.6 Å². The van der Waals surface area contributed by atoms with Gasteiger partial charge in [0.05, 0.1) is 5.75 Å². The van der Waals surface area contributed by atoms with E-state index in [-0.39, 0.29) is 0 Å². The summed E-state index contributed by atoms with van der Waals surface area (Å²) in [5, 5.41) is 4.87. The third-order valence-electron chi connectivity index (χ3n) is 2.95. The molecule has 0 bridgehead atoms. The summed E-state index contributed by atoms with van der Waals surface area (Å²) in [6.45, 7) is 5.17. The number of fused-ring (bicyclic) bond motifs is 1. The molecule has 6 nitrogen and oxygen atoms in total. The van der Waals surface area contributed by atoms with E-state index in [1.54, 1.807) is 12.4 Å². The highest BCUT2D eigenvalue weighted by Crippen LogP contribution is 2.26. The lowest BCUT2D eigenvalue weighted by atomic mass is 10.2. The first-order chi connectivity index (χ1) is 10.1. The van der Waals surface area contributed by atoms with Crippen LogP contribution in [0.5, 0.6) is 0 Å². The first-order valence-corrected chi connectivity index (χ1v) is 7.76. The van der Waals surface area contributed by atoms with E-state index in [0.29, 0.717) is 22.6 Å². The van der Waals surface area contributed by atoms with Crippen LogP contribution in [0.2, 0.25) is 0 Å². The maximum atomic E-state index is 5.74. The van der Waals surface area contributed by atoms with Crippen LogP contribution in [-0.4, -0.2) is 19.7 Å². The molecule has 0 aliphatic carbocycles. The third kappa shape index (κ3) is 3.18. The predicted molar refractivity (Wildman–Crippen MR) is 82.8 cm³/mol. The third-order valence-corrected chi connectivity index (χ3v) is 3.77. The van der Waals surface area contributed by atoms with Gasteiger partial charge in [0.25, 0.3) is 5.22 Å². The van der Waals surface area contributed by atoms with Gasteiger partial charge in [-0.25, -0.2) is 14.6 Å². The van der Waals surface area contributed by atoms with Crippen LogP contribution in [0.25, 0.3) is 11.1 Å². The summed E-state index contributed by atoms with van der Waals surface area (Å²) in [6.07, 6.45) is 1.59. The quantitative estimate of drug-likeness (QED) is 0.576. The molecule has 0 saturated carbocycles. The maximum Gasteiger partial charge on any atom is 0.257 e. The topological polar surface area (TPSA) is 82.8 Å². The molecule has 2 heterocycles. The average Bonchev–Trinajstić information content (AvgIpc) is 3.01. The Kier molecular flexibility index (Phi) is 3.83. The van der Waals surface area contributed by atoms with E-state index in [9.17, 15) is 0 Å². The lowest BCUT2D eigenvalue weighted by molar-refractivity contribution is 0.470. The number of nitrogens with two attached hydrogens (primary N) is 1. The zero-order valence-electron chi connectivity index (χ0n) is 12.0. The van der Waals surface area contributed by atoms with Crippen LogP contribution < -0.4 is 5.73 Å². The number of rotatable bonds is 5. The molecule has 7 heteroatoms. The molecule has 0 aliphatic rings. The fraction of sp³-hybridized carbons (Fsp3) is 0.357. The van der Waals surface area contributed by atoms with Crippen LogP contribution in [0, 0.1) is 5.92 Å². The van der Waals surface area contributed by atoms with E-state index in [2.05, 4.69) is 28.9 Å². The van der Waals surface area contributed by atoms with E-state index >= 15 is 0 Å². The number of nitrogens with zero attached hydrogens (tertiary/aromatic N) is 4. The van der Waals surface area contributed by atoms with Crippen LogP contribution in [0.3, 0.4) is 0 Å². The van der Waals surface area contributed by atoms with Gasteiger partial charge >= 0.3 is 0 Å². The van der Waals surface area contributed by atoms with Crippen molar-refractivity contribution in [3.63, 3.8) is 0 Å². The Morgan fingerprint density at radius 2 is 2.24 bits per heavy atom. The van der Waals surface area contributed by atoms with Crippen molar-refractivity contribution in [3.05, 3.63) is 30.4 Å². The SMILES string of the molecule is CC(C)Cn1ncnc1CSc1nc2cc(N)ccc2o1. The van der Waals surface area contributed by atoms with Gasteiger partial charge in [0.2, 0.25) is 0 Å². The van der Waals surface area contributed by atoms with E-state index in [0.717, 1.165) is 23.5 Å². The smallest absolute Gasteiger partial charge is 0.257 e. The van der Waals surface area contributed by atoms with Crippen LogP contribution >= 0.6 is 11.8 Å². The molecule has 0 atom stereocenters. The lowest BCUT2D eigenvalue weighted by Crippen LogP contribution is -2.09. The average molecular weight is 303 g/mol. The largest absolute Gasteiger partial charge is 0.431 e. The lowest BCUT2D eigenvalue weighted by Gasteiger charge is -2.07. The summed E-state index contributed by atoms with van der Waals surface area (Å²) in [5.41, 5.74) is 7.95. The molecule has 21 heavy (non-hydrogen) atoms. The van der Waals surface area contributed by atoms with Crippen molar-refractivity contribution < 1.29 is 4.42 Å². The molecule has 0 spiro atoms. The fourth-order valence-corrected chi connectivity index (χ4v) is 2.80. The van der Waals surface area contributed by atoms with Crippen molar-refractivity contribution in [1.82, 2.24) is 19.7 Å². The fourth-order valence-electron chi connectivity index (χ4n) is 2.01. The maximum absolute atomic E-state index is 5.74. The van der Waals surface area contributed by atoms with Gasteiger partial charge in [0, 0.05) is 12.2 Å². The van der Waals surface area contributed by atoms with E-state index < -0.39 is 0 Å². The molecular formula is C14H17N5OS. The Labute approximate surface area is 126 Å². The second-order valence-corrected chi connectivity index (χ2v) is 6.17. The van der Waals surface area contributed by atoms with E-state index in [1.165, 1.54) is 11.8 Å². The molecule has 3 rings (SSSR count). The number of hydrogen-bond donors (Lipinski definition) is 1. The second-order valence-electron chi connectivity index (χ2n) is 5.25. The van der Waals surface area contributed by atoms with E-state index in [4.69, 9.17) is 10.2 Å². The second kappa shape index (κ2) is 5.77.